The van der Waals surface area contributed by atoms with Crippen molar-refractivity contribution in [2.45, 2.75) is 20.8 Å². The largest absolute Gasteiger partial charge is 0.493 e. The molecule has 5 nitrogen and oxygen atoms in total. The summed E-state index contributed by atoms with van der Waals surface area (Å²) in [7, 11) is 3.10. The fourth-order valence-electron chi connectivity index (χ4n) is 2.31. The summed E-state index contributed by atoms with van der Waals surface area (Å²) < 4.78 is 16.3. The highest BCUT2D eigenvalue weighted by Gasteiger charge is 2.15. The Labute approximate surface area is 142 Å². The van der Waals surface area contributed by atoms with Crippen LogP contribution in [0.2, 0.25) is 0 Å². The highest BCUT2D eigenvalue weighted by molar-refractivity contribution is 5.92. The number of carbonyl (C=O) groups is 1. The molecule has 0 saturated heterocycles. The number of anilines is 1. The molecule has 0 aliphatic rings. The van der Waals surface area contributed by atoms with Crippen LogP contribution in [-0.2, 0) is 4.79 Å². The number of hydrogen-bond donors (Lipinski definition) is 1. The van der Waals surface area contributed by atoms with Crippen LogP contribution in [0.25, 0.3) is 0 Å². The molecule has 0 atom stereocenters. The lowest BCUT2D eigenvalue weighted by Gasteiger charge is -2.15. The van der Waals surface area contributed by atoms with Gasteiger partial charge in [0.15, 0.2) is 18.1 Å². The van der Waals surface area contributed by atoms with E-state index in [1.807, 2.05) is 51.1 Å². The lowest BCUT2D eigenvalue weighted by molar-refractivity contribution is -0.118. The lowest BCUT2D eigenvalue weighted by Crippen LogP contribution is -2.20. The summed E-state index contributed by atoms with van der Waals surface area (Å²) in [4.78, 5) is 12.1. The second-order valence-electron chi connectivity index (χ2n) is 5.63. The van der Waals surface area contributed by atoms with Gasteiger partial charge in [0.25, 0.3) is 5.91 Å². The van der Waals surface area contributed by atoms with E-state index in [0.717, 1.165) is 16.8 Å². The molecule has 1 amide bonds. The standard InChI is InChI=1S/C19H23NO4/c1-12-8-16(22-4)19(17(9-12)23-5)24-11-18(21)20-15-7-6-13(2)14(3)10-15/h6-10H,11H2,1-5H3,(H,20,21). The van der Waals surface area contributed by atoms with E-state index in [2.05, 4.69) is 5.32 Å². The number of methoxy groups -OCH3 is 2. The number of ether oxygens (including phenoxy) is 3. The average molecular weight is 329 g/mol. The van der Waals surface area contributed by atoms with Gasteiger partial charge < -0.3 is 19.5 Å². The molecule has 0 fully saturated rings. The van der Waals surface area contributed by atoms with E-state index in [4.69, 9.17) is 14.2 Å². The number of aryl methyl sites for hydroxylation is 3. The second kappa shape index (κ2) is 7.73. The van der Waals surface area contributed by atoms with Crippen molar-refractivity contribution in [1.29, 1.82) is 0 Å². The van der Waals surface area contributed by atoms with Crippen molar-refractivity contribution >= 4 is 11.6 Å². The van der Waals surface area contributed by atoms with E-state index in [9.17, 15) is 4.79 Å². The number of benzene rings is 2. The van der Waals surface area contributed by atoms with Crippen molar-refractivity contribution in [3.8, 4) is 17.2 Å². The Morgan fingerprint density at radius 2 is 1.58 bits per heavy atom. The fraction of sp³-hybridized carbons (Fsp3) is 0.316. The van der Waals surface area contributed by atoms with Crippen LogP contribution >= 0.6 is 0 Å². The van der Waals surface area contributed by atoms with Crippen LogP contribution in [0.4, 0.5) is 5.69 Å². The summed E-state index contributed by atoms with van der Waals surface area (Å²) in [5, 5.41) is 2.82. The first-order chi connectivity index (χ1) is 11.4. The van der Waals surface area contributed by atoms with Gasteiger partial charge in [-0.2, -0.15) is 0 Å². The van der Waals surface area contributed by atoms with Crippen LogP contribution in [0.5, 0.6) is 17.2 Å². The summed E-state index contributed by atoms with van der Waals surface area (Å²) in [5.41, 5.74) is 4.03. The third-order valence-corrected chi connectivity index (χ3v) is 3.74. The van der Waals surface area contributed by atoms with E-state index < -0.39 is 0 Å². The number of amides is 1. The second-order valence-corrected chi connectivity index (χ2v) is 5.63. The molecule has 5 heteroatoms. The predicted molar refractivity (Wildman–Crippen MR) is 94.3 cm³/mol. The average Bonchev–Trinajstić information content (AvgIpc) is 2.56. The van der Waals surface area contributed by atoms with Crippen molar-refractivity contribution in [3.63, 3.8) is 0 Å². The molecular formula is C19H23NO4. The van der Waals surface area contributed by atoms with Gasteiger partial charge >= 0.3 is 0 Å². The Balaban J connectivity index is 2.07. The van der Waals surface area contributed by atoms with Gasteiger partial charge in [0, 0.05) is 5.69 Å². The number of nitrogens with one attached hydrogen (secondary N) is 1. The van der Waals surface area contributed by atoms with Crippen molar-refractivity contribution in [1.82, 2.24) is 0 Å². The van der Waals surface area contributed by atoms with Crippen LogP contribution in [-0.4, -0.2) is 26.7 Å². The number of hydrogen-bond acceptors (Lipinski definition) is 4. The van der Waals surface area contributed by atoms with Crippen LogP contribution in [0.15, 0.2) is 30.3 Å². The Bertz CT molecular complexity index is 715. The summed E-state index contributed by atoms with van der Waals surface area (Å²) in [6, 6.07) is 9.43. The zero-order valence-electron chi connectivity index (χ0n) is 14.7. The SMILES string of the molecule is COc1cc(C)cc(OC)c1OCC(=O)Nc1ccc(C)c(C)c1. The fourth-order valence-corrected chi connectivity index (χ4v) is 2.31. The van der Waals surface area contributed by atoms with E-state index >= 15 is 0 Å². The minimum atomic E-state index is -0.247. The maximum Gasteiger partial charge on any atom is 0.262 e. The highest BCUT2D eigenvalue weighted by atomic mass is 16.5. The van der Waals surface area contributed by atoms with Crippen molar-refractivity contribution in [2.24, 2.45) is 0 Å². The molecular weight excluding hydrogens is 306 g/mol. The maximum absolute atomic E-state index is 12.1. The monoisotopic (exact) mass is 329 g/mol. The molecule has 128 valence electrons. The van der Waals surface area contributed by atoms with E-state index in [-0.39, 0.29) is 12.5 Å². The zero-order valence-corrected chi connectivity index (χ0v) is 14.7. The highest BCUT2D eigenvalue weighted by Crippen LogP contribution is 2.38. The van der Waals surface area contributed by atoms with Crippen LogP contribution in [0, 0.1) is 20.8 Å². The Morgan fingerprint density at radius 3 is 2.12 bits per heavy atom. The first-order valence-corrected chi connectivity index (χ1v) is 7.67. The van der Waals surface area contributed by atoms with Gasteiger partial charge in [0.2, 0.25) is 5.75 Å². The molecule has 0 saturated carbocycles. The minimum Gasteiger partial charge on any atom is -0.493 e. The van der Waals surface area contributed by atoms with Gasteiger partial charge in [-0.25, -0.2) is 0 Å². The maximum atomic E-state index is 12.1. The molecule has 0 spiro atoms. The molecule has 0 aliphatic carbocycles. The minimum absolute atomic E-state index is 0.136. The Hall–Kier alpha value is -2.69. The van der Waals surface area contributed by atoms with Gasteiger partial charge in [-0.1, -0.05) is 6.07 Å². The van der Waals surface area contributed by atoms with Crippen LogP contribution in [0.3, 0.4) is 0 Å². The van der Waals surface area contributed by atoms with Crippen molar-refractivity contribution in [2.75, 3.05) is 26.1 Å². The van der Waals surface area contributed by atoms with Gasteiger partial charge in [-0.05, 0) is 61.7 Å². The third kappa shape index (κ3) is 4.19. The molecule has 0 heterocycles. The van der Waals surface area contributed by atoms with E-state index in [0.29, 0.717) is 17.2 Å². The van der Waals surface area contributed by atoms with Crippen molar-refractivity contribution < 1.29 is 19.0 Å². The summed E-state index contributed by atoms with van der Waals surface area (Å²) in [6.45, 7) is 5.83. The Kier molecular flexibility index (Phi) is 5.68. The summed E-state index contributed by atoms with van der Waals surface area (Å²) in [6.07, 6.45) is 0. The van der Waals surface area contributed by atoms with E-state index in [1.165, 1.54) is 5.56 Å². The molecule has 24 heavy (non-hydrogen) atoms. The molecule has 0 radical (unpaired) electrons. The van der Waals surface area contributed by atoms with E-state index in [1.54, 1.807) is 14.2 Å². The molecule has 2 aromatic carbocycles. The Morgan fingerprint density at radius 1 is 0.958 bits per heavy atom. The molecule has 2 aromatic rings. The summed E-state index contributed by atoms with van der Waals surface area (Å²) >= 11 is 0. The van der Waals surface area contributed by atoms with Gasteiger partial charge in [-0.15, -0.1) is 0 Å². The van der Waals surface area contributed by atoms with Gasteiger partial charge in [-0.3, -0.25) is 4.79 Å². The summed E-state index contributed by atoms with van der Waals surface area (Å²) in [5.74, 6) is 1.24. The normalized spacial score (nSPS) is 10.2. The van der Waals surface area contributed by atoms with Gasteiger partial charge in [0.1, 0.15) is 0 Å². The first-order valence-electron chi connectivity index (χ1n) is 7.67. The third-order valence-electron chi connectivity index (χ3n) is 3.74. The molecule has 0 aromatic heterocycles. The topological polar surface area (TPSA) is 56.8 Å². The smallest absolute Gasteiger partial charge is 0.262 e. The quantitative estimate of drug-likeness (QED) is 0.879. The van der Waals surface area contributed by atoms with Gasteiger partial charge in [0.05, 0.1) is 14.2 Å². The molecule has 1 N–H and O–H groups in total. The molecule has 0 unspecified atom stereocenters. The first kappa shape index (κ1) is 17.7. The number of rotatable bonds is 6. The molecule has 0 aliphatic heterocycles. The molecule has 2 rings (SSSR count). The lowest BCUT2D eigenvalue weighted by atomic mass is 10.1. The van der Waals surface area contributed by atoms with Crippen LogP contribution in [0.1, 0.15) is 16.7 Å². The number of carbonyl (C=O) groups excluding carboxylic acids is 1. The van der Waals surface area contributed by atoms with Crippen LogP contribution < -0.4 is 19.5 Å². The zero-order chi connectivity index (χ0) is 17.7. The predicted octanol–water partition coefficient (Wildman–Crippen LogP) is 3.65. The van der Waals surface area contributed by atoms with Crippen molar-refractivity contribution in [3.05, 3.63) is 47.0 Å². The molecule has 0 bridgehead atoms.